The Morgan fingerprint density at radius 3 is 2.20 bits per heavy atom. The number of carbonyl (C=O) groups excluding carboxylic acids is 1. The van der Waals surface area contributed by atoms with Gasteiger partial charge in [0.1, 0.15) is 0 Å². The summed E-state index contributed by atoms with van der Waals surface area (Å²) in [5, 5.41) is 13.9. The maximum Gasteiger partial charge on any atom is 0.416 e. The monoisotopic (exact) mass is 290 g/mol. The van der Waals surface area contributed by atoms with Crippen LogP contribution in [0.3, 0.4) is 0 Å². The minimum atomic E-state index is -4.37. The van der Waals surface area contributed by atoms with E-state index in [2.05, 4.69) is 10.6 Å². The molecule has 7 heteroatoms. The fraction of sp³-hybridized carbons (Fsp3) is 0.462. The SMILES string of the molecule is CC(CO)NC(=O)NC(C)c1ccc(C(F)(F)F)cc1. The maximum atomic E-state index is 12.4. The predicted molar refractivity (Wildman–Crippen MR) is 68.1 cm³/mol. The maximum absolute atomic E-state index is 12.4. The highest BCUT2D eigenvalue weighted by atomic mass is 19.4. The molecule has 1 aromatic rings. The van der Waals surface area contributed by atoms with Crippen LogP contribution in [0.4, 0.5) is 18.0 Å². The van der Waals surface area contributed by atoms with Crippen molar-refractivity contribution < 1.29 is 23.1 Å². The van der Waals surface area contributed by atoms with E-state index in [0.717, 1.165) is 12.1 Å². The molecule has 0 aliphatic rings. The molecule has 1 aromatic carbocycles. The molecule has 0 saturated heterocycles. The fourth-order valence-electron chi connectivity index (χ4n) is 1.55. The molecule has 3 N–H and O–H groups in total. The molecule has 0 aromatic heterocycles. The first kappa shape index (κ1) is 16.3. The Morgan fingerprint density at radius 2 is 1.75 bits per heavy atom. The zero-order chi connectivity index (χ0) is 15.3. The molecule has 0 spiro atoms. The number of urea groups is 1. The molecule has 4 nitrogen and oxygen atoms in total. The van der Waals surface area contributed by atoms with E-state index >= 15 is 0 Å². The molecule has 20 heavy (non-hydrogen) atoms. The van der Waals surface area contributed by atoms with Crippen molar-refractivity contribution in [2.75, 3.05) is 6.61 Å². The Bertz CT molecular complexity index is 446. The molecular weight excluding hydrogens is 273 g/mol. The van der Waals surface area contributed by atoms with Gasteiger partial charge in [0.05, 0.1) is 24.3 Å². The minimum absolute atomic E-state index is 0.192. The van der Waals surface area contributed by atoms with Gasteiger partial charge in [-0.1, -0.05) is 12.1 Å². The first-order chi connectivity index (χ1) is 9.24. The van der Waals surface area contributed by atoms with E-state index in [1.165, 1.54) is 12.1 Å². The summed E-state index contributed by atoms with van der Waals surface area (Å²) >= 11 is 0. The van der Waals surface area contributed by atoms with Gasteiger partial charge in [-0.2, -0.15) is 13.2 Å². The van der Waals surface area contributed by atoms with Crippen molar-refractivity contribution in [2.24, 2.45) is 0 Å². The molecule has 1 rings (SSSR count). The summed E-state index contributed by atoms with van der Waals surface area (Å²) in [5.74, 6) is 0. The van der Waals surface area contributed by atoms with Crippen molar-refractivity contribution in [1.29, 1.82) is 0 Å². The number of amides is 2. The lowest BCUT2D eigenvalue weighted by Crippen LogP contribution is -2.43. The summed E-state index contributed by atoms with van der Waals surface area (Å²) in [6, 6.07) is 3.27. The third-order valence-corrected chi connectivity index (χ3v) is 2.74. The average molecular weight is 290 g/mol. The predicted octanol–water partition coefficient (Wildman–Crippen LogP) is 2.45. The van der Waals surface area contributed by atoms with Crippen molar-refractivity contribution in [3.05, 3.63) is 35.4 Å². The molecule has 0 aliphatic heterocycles. The van der Waals surface area contributed by atoms with Crippen molar-refractivity contribution in [3.8, 4) is 0 Å². The van der Waals surface area contributed by atoms with Crippen LogP contribution in [-0.2, 0) is 6.18 Å². The normalized spacial score (nSPS) is 14.5. The van der Waals surface area contributed by atoms with Crippen LogP contribution in [0.2, 0.25) is 0 Å². The van der Waals surface area contributed by atoms with E-state index in [9.17, 15) is 18.0 Å². The number of hydrogen-bond acceptors (Lipinski definition) is 2. The summed E-state index contributed by atoms with van der Waals surface area (Å²) in [5.41, 5.74) is -0.170. The van der Waals surface area contributed by atoms with Gasteiger partial charge >= 0.3 is 12.2 Å². The van der Waals surface area contributed by atoms with Crippen molar-refractivity contribution in [3.63, 3.8) is 0 Å². The summed E-state index contributed by atoms with van der Waals surface area (Å²) in [6.07, 6.45) is -4.37. The number of aliphatic hydroxyl groups excluding tert-OH is 1. The quantitative estimate of drug-likeness (QED) is 0.797. The van der Waals surface area contributed by atoms with Crippen LogP contribution in [0.25, 0.3) is 0 Å². The lowest BCUT2D eigenvalue weighted by atomic mass is 10.1. The first-order valence-electron chi connectivity index (χ1n) is 6.09. The zero-order valence-corrected chi connectivity index (χ0v) is 11.2. The van der Waals surface area contributed by atoms with Gasteiger partial charge in [-0.15, -0.1) is 0 Å². The van der Waals surface area contributed by atoms with Crippen LogP contribution in [0, 0.1) is 0 Å². The summed E-state index contributed by atoms with van der Waals surface area (Å²) < 4.78 is 37.2. The summed E-state index contributed by atoms with van der Waals surface area (Å²) in [6.45, 7) is 3.09. The molecule has 0 aliphatic carbocycles. The van der Waals surface area contributed by atoms with Crippen LogP contribution in [0.1, 0.15) is 31.0 Å². The number of nitrogens with one attached hydrogen (secondary N) is 2. The number of rotatable bonds is 4. The third-order valence-electron chi connectivity index (χ3n) is 2.74. The topological polar surface area (TPSA) is 61.4 Å². The fourth-order valence-corrected chi connectivity index (χ4v) is 1.55. The van der Waals surface area contributed by atoms with E-state index in [1.54, 1.807) is 13.8 Å². The van der Waals surface area contributed by atoms with Crippen LogP contribution >= 0.6 is 0 Å². The van der Waals surface area contributed by atoms with Crippen molar-refractivity contribution >= 4 is 6.03 Å². The Kier molecular flexibility index (Phi) is 5.38. The lowest BCUT2D eigenvalue weighted by Gasteiger charge is -2.18. The molecule has 0 saturated carbocycles. The highest BCUT2D eigenvalue weighted by Crippen LogP contribution is 2.29. The van der Waals surface area contributed by atoms with E-state index in [-0.39, 0.29) is 6.61 Å². The summed E-state index contributed by atoms with van der Waals surface area (Å²) in [7, 11) is 0. The van der Waals surface area contributed by atoms with Gasteiger partial charge in [0, 0.05) is 0 Å². The van der Waals surface area contributed by atoms with Crippen LogP contribution < -0.4 is 10.6 Å². The smallest absolute Gasteiger partial charge is 0.394 e. The molecule has 112 valence electrons. The van der Waals surface area contributed by atoms with Gasteiger partial charge in [0.15, 0.2) is 0 Å². The second-order valence-electron chi connectivity index (χ2n) is 4.54. The Balaban J connectivity index is 2.64. The molecule has 0 heterocycles. The van der Waals surface area contributed by atoms with Crippen molar-refractivity contribution in [2.45, 2.75) is 32.1 Å². The van der Waals surface area contributed by atoms with E-state index < -0.39 is 29.9 Å². The molecule has 2 atom stereocenters. The molecular formula is C13H17F3N2O2. The number of carbonyl (C=O) groups is 1. The molecule has 2 unspecified atom stereocenters. The molecule has 0 radical (unpaired) electrons. The third kappa shape index (κ3) is 4.73. The number of alkyl halides is 3. The first-order valence-corrected chi connectivity index (χ1v) is 6.09. The number of benzene rings is 1. The van der Waals surface area contributed by atoms with E-state index in [1.807, 2.05) is 0 Å². The van der Waals surface area contributed by atoms with E-state index in [0.29, 0.717) is 5.56 Å². The van der Waals surface area contributed by atoms with Crippen LogP contribution in [0.5, 0.6) is 0 Å². The molecule has 0 bridgehead atoms. The van der Waals surface area contributed by atoms with Gasteiger partial charge < -0.3 is 15.7 Å². The second-order valence-corrected chi connectivity index (χ2v) is 4.54. The average Bonchev–Trinajstić information content (AvgIpc) is 2.37. The Morgan fingerprint density at radius 1 is 1.20 bits per heavy atom. The van der Waals surface area contributed by atoms with Crippen molar-refractivity contribution in [1.82, 2.24) is 10.6 Å². The number of hydrogen-bond donors (Lipinski definition) is 3. The van der Waals surface area contributed by atoms with Crippen LogP contribution in [0.15, 0.2) is 24.3 Å². The molecule has 2 amide bonds. The zero-order valence-electron chi connectivity index (χ0n) is 11.2. The second kappa shape index (κ2) is 6.60. The molecule has 0 fully saturated rings. The lowest BCUT2D eigenvalue weighted by molar-refractivity contribution is -0.137. The minimum Gasteiger partial charge on any atom is -0.394 e. The number of aliphatic hydroxyl groups is 1. The summed E-state index contributed by atoms with van der Waals surface area (Å²) in [4.78, 5) is 11.5. The van der Waals surface area contributed by atoms with Gasteiger partial charge in [-0.25, -0.2) is 4.79 Å². The highest BCUT2D eigenvalue weighted by Gasteiger charge is 2.30. The van der Waals surface area contributed by atoms with Gasteiger partial charge in [0.25, 0.3) is 0 Å². The van der Waals surface area contributed by atoms with Gasteiger partial charge in [0.2, 0.25) is 0 Å². The van der Waals surface area contributed by atoms with E-state index in [4.69, 9.17) is 5.11 Å². The largest absolute Gasteiger partial charge is 0.416 e. The van der Waals surface area contributed by atoms with Gasteiger partial charge in [-0.3, -0.25) is 0 Å². The Hall–Kier alpha value is -1.76. The number of halogens is 3. The highest BCUT2D eigenvalue weighted by molar-refractivity contribution is 5.74. The Labute approximate surface area is 115 Å². The van der Waals surface area contributed by atoms with Gasteiger partial charge in [-0.05, 0) is 31.5 Å². The van der Waals surface area contributed by atoms with Crippen LogP contribution in [-0.4, -0.2) is 23.8 Å². The standard InChI is InChI=1S/C13H17F3N2O2/c1-8(7-19)17-12(20)18-9(2)10-3-5-11(6-4-10)13(14,15)16/h3-6,8-9,19H,7H2,1-2H3,(H2,17,18,20).